The van der Waals surface area contributed by atoms with Crippen LogP contribution in [-0.2, 0) is 20.0 Å². The van der Waals surface area contributed by atoms with E-state index in [2.05, 4.69) is 14.8 Å². The standard InChI is InChI=1S/C17H21N3O6S2/c1-4-27(22,23)20-14-8-6-13(7-9-14)19-17(21)12-5-10-15(26-3)16(11-12)28(24,25)18-2/h5-11,18,20H,4H2,1-3H3,(H,19,21). The highest BCUT2D eigenvalue weighted by atomic mass is 32.2. The first-order chi connectivity index (χ1) is 13.1. The van der Waals surface area contributed by atoms with Gasteiger partial charge in [-0.2, -0.15) is 0 Å². The lowest BCUT2D eigenvalue weighted by atomic mass is 10.2. The summed E-state index contributed by atoms with van der Waals surface area (Å²) in [5, 5.41) is 2.62. The molecule has 0 aromatic heterocycles. The largest absolute Gasteiger partial charge is 0.495 e. The Morgan fingerprint density at radius 2 is 1.61 bits per heavy atom. The summed E-state index contributed by atoms with van der Waals surface area (Å²) in [5.74, 6) is -0.476. The summed E-state index contributed by atoms with van der Waals surface area (Å²) < 4.78 is 57.0. The molecule has 0 fully saturated rings. The lowest BCUT2D eigenvalue weighted by Gasteiger charge is -2.12. The molecule has 0 atom stereocenters. The van der Waals surface area contributed by atoms with Crippen molar-refractivity contribution in [2.75, 3.05) is 29.9 Å². The molecule has 28 heavy (non-hydrogen) atoms. The Morgan fingerprint density at radius 3 is 2.14 bits per heavy atom. The Balaban J connectivity index is 2.22. The van der Waals surface area contributed by atoms with E-state index in [1.54, 1.807) is 0 Å². The highest BCUT2D eigenvalue weighted by molar-refractivity contribution is 7.92. The third-order valence-electron chi connectivity index (χ3n) is 3.78. The Kier molecular flexibility index (Phi) is 6.65. The molecule has 0 saturated carbocycles. The summed E-state index contributed by atoms with van der Waals surface area (Å²) in [5.41, 5.74) is 0.898. The van der Waals surface area contributed by atoms with E-state index in [0.29, 0.717) is 11.4 Å². The van der Waals surface area contributed by atoms with E-state index in [-0.39, 0.29) is 22.0 Å². The fourth-order valence-electron chi connectivity index (χ4n) is 2.21. The van der Waals surface area contributed by atoms with Crippen LogP contribution in [0.4, 0.5) is 11.4 Å². The molecule has 9 nitrogen and oxygen atoms in total. The Morgan fingerprint density at radius 1 is 1.00 bits per heavy atom. The highest BCUT2D eigenvalue weighted by Crippen LogP contribution is 2.25. The first-order valence-electron chi connectivity index (χ1n) is 8.15. The van der Waals surface area contributed by atoms with Crippen molar-refractivity contribution in [3.63, 3.8) is 0 Å². The molecule has 0 aliphatic rings. The fraction of sp³-hybridized carbons (Fsp3) is 0.235. The van der Waals surface area contributed by atoms with E-state index in [4.69, 9.17) is 4.74 Å². The van der Waals surface area contributed by atoms with E-state index in [9.17, 15) is 21.6 Å². The lowest BCUT2D eigenvalue weighted by Crippen LogP contribution is -2.20. The van der Waals surface area contributed by atoms with Gasteiger partial charge in [-0.15, -0.1) is 0 Å². The van der Waals surface area contributed by atoms with Crippen molar-refractivity contribution in [1.82, 2.24) is 4.72 Å². The Hall–Kier alpha value is -2.63. The number of ether oxygens (including phenoxy) is 1. The van der Waals surface area contributed by atoms with Crippen LogP contribution in [0.1, 0.15) is 17.3 Å². The average Bonchev–Trinajstić information content (AvgIpc) is 2.68. The smallest absolute Gasteiger partial charge is 0.255 e. The van der Waals surface area contributed by atoms with Gasteiger partial charge >= 0.3 is 0 Å². The van der Waals surface area contributed by atoms with Crippen molar-refractivity contribution >= 4 is 37.3 Å². The molecule has 0 unspecified atom stereocenters. The summed E-state index contributed by atoms with van der Waals surface area (Å²) in [6.45, 7) is 1.52. The number of nitrogens with one attached hydrogen (secondary N) is 3. The number of hydrogen-bond donors (Lipinski definition) is 3. The maximum absolute atomic E-state index is 12.5. The molecule has 3 N–H and O–H groups in total. The maximum atomic E-state index is 12.5. The summed E-state index contributed by atoms with van der Waals surface area (Å²) in [6.07, 6.45) is 0. The molecule has 0 radical (unpaired) electrons. The van der Waals surface area contributed by atoms with Crippen LogP contribution in [0.15, 0.2) is 47.4 Å². The van der Waals surface area contributed by atoms with Crippen LogP contribution in [0.3, 0.4) is 0 Å². The molecule has 0 aliphatic carbocycles. The zero-order valence-corrected chi connectivity index (χ0v) is 17.1. The van der Waals surface area contributed by atoms with Crippen molar-refractivity contribution in [2.24, 2.45) is 0 Å². The molecular formula is C17H21N3O6S2. The van der Waals surface area contributed by atoms with Crippen LogP contribution in [0, 0.1) is 0 Å². The molecule has 0 bridgehead atoms. The van der Waals surface area contributed by atoms with Crippen LogP contribution in [0.2, 0.25) is 0 Å². The third kappa shape index (κ3) is 5.21. The van der Waals surface area contributed by atoms with Crippen LogP contribution >= 0.6 is 0 Å². The van der Waals surface area contributed by atoms with E-state index < -0.39 is 26.0 Å². The molecule has 2 aromatic carbocycles. The summed E-state index contributed by atoms with van der Waals surface area (Å²) in [7, 11) is -4.62. The van der Waals surface area contributed by atoms with E-state index in [1.807, 2.05) is 0 Å². The molecule has 2 aromatic rings. The number of hydrogen-bond acceptors (Lipinski definition) is 6. The summed E-state index contributed by atoms with van der Waals surface area (Å²) in [6, 6.07) is 10.1. The van der Waals surface area contributed by atoms with Crippen LogP contribution in [0.25, 0.3) is 0 Å². The Bertz CT molecular complexity index is 1060. The van der Waals surface area contributed by atoms with Crippen molar-refractivity contribution in [3.05, 3.63) is 48.0 Å². The van der Waals surface area contributed by atoms with Gasteiger partial charge in [0.25, 0.3) is 5.91 Å². The normalized spacial score (nSPS) is 11.7. The summed E-state index contributed by atoms with van der Waals surface area (Å²) >= 11 is 0. The topological polar surface area (TPSA) is 131 Å². The van der Waals surface area contributed by atoms with Gasteiger partial charge in [0.15, 0.2) is 0 Å². The second kappa shape index (κ2) is 8.59. The average molecular weight is 428 g/mol. The summed E-state index contributed by atoms with van der Waals surface area (Å²) in [4.78, 5) is 12.3. The zero-order chi connectivity index (χ0) is 20.9. The van der Waals surface area contributed by atoms with Crippen molar-refractivity contribution in [3.8, 4) is 5.75 Å². The van der Waals surface area contributed by atoms with Gasteiger partial charge in [0.2, 0.25) is 20.0 Å². The molecule has 0 aliphatic heterocycles. The van der Waals surface area contributed by atoms with Crippen molar-refractivity contribution in [2.45, 2.75) is 11.8 Å². The van der Waals surface area contributed by atoms with Gasteiger partial charge in [0.05, 0.1) is 12.9 Å². The predicted octanol–water partition coefficient (Wildman–Crippen LogP) is 1.62. The molecule has 1 amide bonds. The number of sulfonamides is 2. The minimum atomic E-state index is -3.82. The van der Waals surface area contributed by atoms with E-state index in [1.165, 1.54) is 63.5 Å². The number of rotatable bonds is 8. The maximum Gasteiger partial charge on any atom is 0.255 e. The predicted molar refractivity (Wildman–Crippen MR) is 107 cm³/mol. The number of amides is 1. The molecular weight excluding hydrogens is 406 g/mol. The van der Waals surface area contributed by atoms with Crippen molar-refractivity contribution < 1.29 is 26.4 Å². The first-order valence-corrected chi connectivity index (χ1v) is 11.3. The lowest BCUT2D eigenvalue weighted by molar-refractivity contribution is 0.102. The quantitative estimate of drug-likeness (QED) is 0.587. The van der Waals surface area contributed by atoms with Gasteiger partial charge in [-0.25, -0.2) is 21.6 Å². The van der Waals surface area contributed by atoms with Gasteiger partial charge in [-0.3, -0.25) is 9.52 Å². The third-order valence-corrected chi connectivity index (χ3v) is 6.52. The van der Waals surface area contributed by atoms with Gasteiger partial charge in [0.1, 0.15) is 10.6 Å². The van der Waals surface area contributed by atoms with E-state index in [0.717, 1.165) is 0 Å². The Labute approximate surface area is 164 Å². The molecule has 0 spiro atoms. The van der Waals surface area contributed by atoms with Gasteiger partial charge in [-0.05, 0) is 56.4 Å². The van der Waals surface area contributed by atoms with Crippen molar-refractivity contribution in [1.29, 1.82) is 0 Å². The van der Waals surface area contributed by atoms with Gasteiger partial charge < -0.3 is 10.1 Å². The molecule has 0 heterocycles. The molecule has 152 valence electrons. The highest BCUT2D eigenvalue weighted by Gasteiger charge is 2.20. The van der Waals surface area contributed by atoms with E-state index >= 15 is 0 Å². The number of anilines is 2. The van der Waals surface area contributed by atoms with Crippen LogP contribution in [0.5, 0.6) is 5.75 Å². The monoisotopic (exact) mass is 427 g/mol. The number of benzene rings is 2. The number of methoxy groups -OCH3 is 1. The van der Waals surface area contributed by atoms with Crippen LogP contribution < -0.4 is 19.5 Å². The zero-order valence-electron chi connectivity index (χ0n) is 15.5. The minimum absolute atomic E-state index is 0.0547. The minimum Gasteiger partial charge on any atom is -0.495 e. The SMILES string of the molecule is CCS(=O)(=O)Nc1ccc(NC(=O)c2ccc(OC)c(S(=O)(=O)NC)c2)cc1. The fourth-order valence-corrected chi connectivity index (χ4v) is 3.77. The number of carbonyl (C=O) groups is 1. The molecule has 11 heteroatoms. The van der Waals surface area contributed by atoms with Gasteiger partial charge in [-0.1, -0.05) is 0 Å². The van der Waals surface area contributed by atoms with Crippen LogP contribution in [-0.4, -0.2) is 42.7 Å². The first kappa shape index (κ1) is 21.7. The second-order valence-corrected chi connectivity index (χ2v) is 9.48. The number of carbonyl (C=O) groups excluding carboxylic acids is 1. The van der Waals surface area contributed by atoms with Gasteiger partial charge in [0, 0.05) is 16.9 Å². The molecule has 2 rings (SSSR count). The molecule has 0 saturated heterocycles. The second-order valence-electron chi connectivity index (χ2n) is 5.61.